The van der Waals surface area contributed by atoms with Crippen molar-refractivity contribution in [1.82, 2.24) is 4.90 Å². The summed E-state index contributed by atoms with van der Waals surface area (Å²) in [6.45, 7) is 8.21. The normalized spacial score (nSPS) is 18.6. The lowest BCUT2D eigenvalue weighted by atomic mass is 9.82. The predicted octanol–water partition coefficient (Wildman–Crippen LogP) is 6.52. The zero-order valence-electron chi connectivity index (χ0n) is 20.0. The minimum absolute atomic E-state index is 0.0670. The first-order chi connectivity index (χ1) is 15.8. The number of likely N-dealkylation sites (tertiary alicyclic amines) is 1. The zero-order chi connectivity index (χ0) is 25.3. The number of rotatable bonds is 4. The summed E-state index contributed by atoms with van der Waals surface area (Å²) >= 11 is 0. The fourth-order valence-electron chi connectivity index (χ4n) is 4.32. The summed E-state index contributed by atoms with van der Waals surface area (Å²) < 4.78 is 50.9. The Bertz CT molecular complexity index is 1040. The minimum Gasteiger partial charge on any atom is -0.465 e. The summed E-state index contributed by atoms with van der Waals surface area (Å²) in [4.78, 5) is 26.1. The van der Waals surface area contributed by atoms with Gasteiger partial charge in [-0.15, -0.1) is 0 Å². The van der Waals surface area contributed by atoms with Gasteiger partial charge in [0.15, 0.2) is 0 Å². The van der Waals surface area contributed by atoms with Crippen LogP contribution in [-0.4, -0.2) is 42.8 Å². The number of nitrogens with zero attached hydrogens (tertiary/aromatic N) is 1. The number of esters is 1. The van der Waals surface area contributed by atoms with Crippen molar-refractivity contribution in [1.29, 1.82) is 0 Å². The van der Waals surface area contributed by atoms with Gasteiger partial charge in [-0.25, -0.2) is 9.59 Å². The number of carbonyl (C=O) groups is 2. The third-order valence-electron chi connectivity index (χ3n) is 6.01. The molecule has 0 unspecified atom stereocenters. The Labute approximate surface area is 197 Å². The SMILES string of the molecule is CC[C@H]1CN(C(=O)OC(C)(C)C)C[C@@H]1c1ccc(C(F)(F)F)cc1-c1ccc(C(=O)OC)cc1. The molecule has 0 N–H and O–H groups in total. The molecule has 8 heteroatoms. The van der Waals surface area contributed by atoms with Crippen LogP contribution >= 0.6 is 0 Å². The molecule has 1 amide bonds. The molecular weight excluding hydrogens is 447 g/mol. The maximum Gasteiger partial charge on any atom is 0.416 e. The van der Waals surface area contributed by atoms with E-state index in [0.717, 1.165) is 24.1 Å². The molecule has 0 radical (unpaired) electrons. The van der Waals surface area contributed by atoms with Gasteiger partial charge in [-0.05, 0) is 67.6 Å². The maximum absolute atomic E-state index is 13.5. The summed E-state index contributed by atoms with van der Waals surface area (Å²) in [5.74, 6) is -0.613. The van der Waals surface area contributed by atoms with Crippen molar-refractivity contribution in [3.05, 3.63) is 59.2 Å². The van der Waals surface area contributed by atoms with Crippen LogP contribution in [0.1, 0.15) is 61.5 Å². The van der Waals surface area contributed by atoms with E-state index in [1.807, 2.05) is 6.92 Å². The molecule has 184 valence electrons. The fourth-order valence-corrected chi connectivity index (χ4v) is 4.32. The molecule has 0 aliphatic carbocycles. The van der Waals surface area contributed by atoms with Crippen molar-refractivity contribution >= 4 is 12.1 Å². The topological polar surface area (TPSA) is 55.8 Å². The van der Waals surface area contributed by atoms with Crippen LogP contribution in [0.3, 0.4) is 0 Å². The lowest BCUT2D eigenvalue weighted by Gasteiger charge is -2.24. The minimum atomic E-state index is -4.50. The highest BCUT2D eigenvalue weighted by atomic mass is 19.4. The van der Waals surface area contributed by atoms with Crippen molar-refractivity contribution in [2.75, 3.05) is 20.2 Å². The number of methoxy groups -OCH3 is 1. The van der Waals surface area contributed by atoms with Crippen molar-refractivity contribution in [2.24, 2.45) is 5.92 Å². The number of hydrogen-bond acceptors (Lipinski definition) is 4. The van der Waals surface area contributed by atoms with E-state index in [4.69, 9.17) is 9.47 Å². The predicted molar refractivity (Wildman–Crippen MR) is 123 cm³/mol. The quantitative estimate of drug-likeness (QED) is 0.471. The third kappa shape index (κ3) is 5.72. The standard InChI is InChI=1S/C26H30F3NO4/c1-6-16-14-30(24(32)34-25(2,3)4)15-22(16)20-12-11-19(26(27,28)29)13-21(20)17-7-9-18(10-8-17)23(31)33-5/h7-13,16,22H,6,14-15H2,1-5H3/t16-,22-/m0/s1. The lowest BCUT2D eigenvalue weighted by molar-refractivity contribution is -0.137. The molecule has 0 aromatic heterocycles. The van der Waals surface area contributed by atoms with Crippen LogP contribution in [0.2, 0.25) is 0 Å². The van der Waals surface area contributed by atoms with E-state index < -0.39 is 29.4 Å². The first-order valence-electron chi connectivity index (χ1n) is 11.2. The highest BCUT2D eigenvalue weighted by Crippen LogP contribution is 2.42. The van der Waals surface area contributed by atoms with Crippen LogP contribution in [0.5, 0.6) is 0 Å². The number of amides is 1. The van der Waals surface area contributed by atoms with Gasteiger partial charge in [-0.1, -0.05) is 31.5 Å². The van der Waals surface area contributed by atoms with E-state index in [1.165, 1.54) is 25.3 Å². The van der Waals surface area contributed by atoms with E-state index in [9.17, 15) is 22.8 Å². The van der Waals surface area contributed by atoms with Gasteiger partial charge in [0, 0.05) is 19.0 Å². The smallest absolute Gasteiger partial charge is 0.416 e. The Morgan fingerprint density at radius 3 is 2.21 bits per heavy atom. The molecule has 1 aliphatic rings. The highest BCUT2D eigenvalue weighted by molar-refractivity contribution is 5.90. The summed E-state index contributed by atoms with van der Waals surface area (Å²) in [6, 6.07) is 10.0. The number of carbonyl (C=O) groups excluding carboxylic acids is 2. The average molecular weight is 478 g/mol. The molecule has 1 aliphatic heterocycles. The molecule has 1 saturated heterocycles. The zero-order valence-corrected chi connectivity index (χ0v) is 20.0. The lowest BCUT2D eigenvalue weighted by Crippen LogP contribution is -2.35. The molecule has 0 bridgehead atoms. The molecule has 2 aromatic rings. The molecule has 3 rings (SSSR count). The molecule has 2 atom stereocenters. The van der Waals surface area contributed by atoms with Crippen LogP contribution in [0, 0.1) is 5.92 Å². The van der Waals surface area contributed by atoms with Gasteiger partial charge in [0.2, 0.25) is 0 Å². The first-order valence-corrected chi connectivity index (χ1v) is 11.2. The van der Waals surface area contributed by atoms with Gasteiger partial charge in [0.05, 0.1) is 18.2 Å². The molecular formula is C26H30F3NO4. The molecule has 5 nitrogen and oxygen atoms in total. The highest BCUT2D eigenvalue weighted by Gasteiger charge is 2.39. The van der Waals surface area contributed by atoms with E-state index in [0.29, 0.717) is 29.8 Å². The molecule has 34 heavy (non-hydrogen) atoms. The van der Waals surface area contributed by atoms with Crippen LogP contribution < -0.4 is 0 Å². The largest absolute Gasteiger partial charge is 0.465 e. The Kier molecular flexibility index (Phi) is 7.29. The van der Waals surface area contributed by atoms with Gasteiger partial charge in [-0.3, -0.25) is 0 Å². The monoisotopic (exact) mass is 477 g/mol. The van der Waals surface area contributed by atoms with Gasteiger partial charge >= 0.3 is 18.2 Å². The third-order valence-corrected chi connectivity index (χ3v) is 6.01. The van der Waals surface area contributed by atoms with Gasteiger partial charge in [0.1, 0.15) is 5.60 Å². The van der Waals surface area contributed by atoms with Gasteiger partial charge in [-0.2, -0.15) is 13.2 Å². The molecule has 0 spiro atoms. The van der Waals surface area contributed by atoms with E-state index in [1.54, 1.807) is 37.8 Å². The number of ether oxygens (including phenoxy) is 2. The van der Waals surface area contributed by atoms with Crippen molar-refractivity contribution in [3.63, 3.8) is 0 Å². The first kappa shape index (κ1) is 25.6. The van der Waals surface area contributed by atoms with E-state index in [-0.39, 0.29) is 11.8 Å². The molecule has 1 fully saturated rings. The molecule has 0 saturated carbocycles. The van der Waals surface area contributed by atoms with Crippen LogP contribution in [0.25, 0.3) is 11.1 Å². The van der Waals surface area contributed by atoms with E-state index in [2.05, 4.69) is 0 Å². The van der Waals surface area contributed by atoms with Crippen molar-refractivity contribution < 1.29 is 32.2 Å². The Balaban J connectivity index is 2.03. The fraction of sp³-hybridized carbons (Fsp3) is 0.462. The number of hydrogen-bond donors (Lipinski definition) is 0. The second-order valence-electron chi connectivity index (χ2n) is 9.53. The number of alkyl halides is 3. The Morgan fingerprint density at radius 2 is 1.68 bits per heavy atom. The Morgan fingerprint density at radius 1 is 1.03 bits per heavy atom. The number of halogens is 3. The molecule has 2 aromatic carbocycles. The Hall–Kier alpha value is -3.03. The van der Waals surface area contributed by atoms with Crippen LogP contribution in [0.4, 0.5) is 18.0 Å². The second-order valence-corrected chi connectivity index (χ2v) is 9.53. The summed E-state index contributed by atoms with van der Waals surface area (Å²) in [7, 11) is 1.27. The summed E-state index contributed by atoms with van der Waals surface area (Å²) in [6.07, 6.45) is -4.17. The van der Waals surface area contributed by atoms with Gasteiger partial charge in [0.25, 0.3) is 0 Å². The molecule has 1 heterocycles. The number of benzene rings is 2. The van der Waals surface area contributed by atoms with Crippen LogP contribution in [-0.2, 0) is 15.7 Å². The van der Waals surface area contributed by atoms with Gasteiger partial charge < -0.3 is 14.4 Å². The average Bonchev–Trinajstić information content (AvgIpc) is 3.21. The van der Waals surface area contributed by atoms with Crippen LogP contribution in [0.15, 0.2) is 42.5 Å². The second kappa shape index (κ2) is 9.68. The summed E-state index contributed by atoms with van der Waals surface area (Å²) in [5.41, 5.74) is 0.635. The van der Waals surface area contributed by atoms with Crippen molar-refractivity contribution in [2.45, 2.75) is 51.8 Å². The maximum atomic E-state index is 13.5. The van der Waals surface area contributed by atoms with E-state index >= 15 is 0 Å². The van der Waals surface area contributed by atoms with Crippen molar-refractivity contribution in [3.8, 4) is 11.1 Å². The summed E-state index contributed by atoms with van der Waals surface area (Å²) in [5, 5.41) is 0.